The van der Waals surface area contributed by atoms with Gasteiger partial charge in [-0.3, -0.25) is 9.59 Å². The Morgan fingerprint density at radius 3 is 2.35 bits per heavy atom. The fraction of sp³-hybridized carbons (Fsp3) is 0.462. The Labute approximate surface area is 186 Å². The molecular weight excluding hydrogens is 390 g/mol. The van der Waals surface area contributed by atoms with Gasteiger partial charge in [-0.15, -0.1) is 0 Å². The Morgan fingerprint density at radius 1 is 0.968 bits per heavy atom. The molecule has 5 nitrogen and oxygen atoms in total. The summed E-state index contributed by atoms with van der Waals surface area (Å²) in [6, 6.07) is 15.6. The summed E-state index contributed by atoms with van der Waals surface area (Å²) in [7, 11) is 0. The number of rotatable bonds is 12. The molecule has 168 valence electrons. The first-order chi connectivity index (χ1) is 14.9. The number of esters is 1. The number of nitrogens with zero attached hydrogens (tertiary/aromatic N) is 1. The molecule has 2 rings (SSSR count). The molecule has 0 atom stereocenters. The van der Waals surface area contributed by atoms with Gasteiger partial charge in [0.25, 0.3) is 5.91 Å². The van der Waals surface area contributed by atoms with E-state index in [1.807, 2.05) is 81.1 Å². The van der Waals surface area contributed by atoms with Crippen LogP contribution in [0.5, 0.6) is 5.75 Å². The molecule has 1 amide bonds. The maximum absolute atomic E-state index is 13.1. The molecule has 2 aromatic rings. The number of unbranched alkanes of at least 4 members (excludes halogenated alkanes) is 2. The smallest absolute Gasteiger partial charge is 0.305 e. The van der Waals surface area contributed by atoms with Gasteiger partial charge in [0.2, 0.25) is 0 Å². The van der Waals surface area contributed by atoms with E-state index >= 15 is 0 Å². The molecule has 31 heavy (non-hydrogen) atoms. The van der Waals surface area contributed by atoms with Crippen molar-refractivity contribution in [3.8, 4) is 5.75 Å². The SMILES string of the molecule is CCOC(=O)CCCCCOc1ccccc1CN(C(=O)c1ccc(C)cc1)C(C)C. The van der Waals surface area contributed by atoms with Crippen molar-refractivity contribution in [3.05, 3.63) is 65.2 Å². The summed E-state index contributed by atoms with van der Waals surface area (Å²) in [6.45, 7) is 9.38. The molecule has 0 bridgehead atoms. The van der Waals surface area contributed by atoms with Gasteiger partial charge in [0, 0.05) is 30.1 Å². The van der Waals surface area contributed by atoms with Crippen LogP contribution in [0.1, 0.15) is 67.9 Å². The molecule has 2 aromatic carbocycles. The largest absolute Gasteiger partial charge is 0.493 e. The summed E-state index contributed by atoms with van der Waals surface area (Å²) in [5, 5.41) is 0. The van der Waals surface area contributed by atoms with Crippen molar-refractivity contribution in [2.45, 2.75) is 66.0 Å². The number of benzene rings is 2. The van der Waals surface area contributed by atoms with Gasteiger partial charge < -0.3 is 14.4 Å². The highest BCUT2D eigenvalue weighted by Gasteiger charge is 2.20. The number of aryl methyl sites for hydroxylation is 1. The Balaban J connectivity index is 1.94. The van der Waals surface area contributed by atoms with Gasteiger partial charge in [-0.25, -0.2) is 0 Å². The average molecular weight is 426 g/mol. The number of hydrogen-bond donors (Lipinski definition) is 0. The van der Waals surface area contributed by atoms with Crippen molar-refractivity contribution in [2.24, 2.45) is 0 Å². The second-order valence-corrected chi connectivity index (χ2v) is 7.96. The van der Waals surface area contributed by atoms with E-state index in [0.717, 1.165) is 36.1 Å². The van der Waals surface area contributed by atoms with E-state index in [2.05, 4.69) is 0 Å². The lowest BCUT2D eigenvalue weighted by molar-refractivity contribution is -0.143. The molecule has 0 unspecified atom stereocenters. The number of carbonyl (C=O) groups is 2. The summed E-state index contributed by atoms with van der Waals surface area (Å²) in [4.78, 5) is 26.3. The molecule has 0 spiro atoms. The van der Waals surface area contributed by atoms with Gasteiger partial charge in [-0.1, -0.05) is 35.9 Å². The number of para-hydroxylation sites is 1. The van der Waals surface area contributed by atoms with Crippen LogP contribution in [0.2, 0.25) is 0 Å². The first-order valence-electron chi connectivity index (χ1n) is 11.2. The molecule has 0 aliphatic heterocycles. The van der Waals surface area contributed by atoms with E-state index in [1.165, 1.54) is 0 Å². The van der Waals surface area contributed by atoms with Crippen LogP contribution in [0.3, 0.4) is 0 Å². The average Bonchev–Trinajstić information content (AvgIpc) is 2.75. The van der Waals surface area contributed by atoms with E-state index in [9.17, 15) is 9.59 Å². The highest BCUT2D eigenvalue weighted by Crippen LogP contribution is 2.23. The van der Waals surface area contributed by atoms with Gasteiger partial charge >= 0.3 is 5.97 Å². The quantitative estimate of drug-likeness (QED) is 0.331. The molecule has 0 N–H and O–H groups in total. The third-order valence-electron chi connectivity index (χ3n) is 5.08. The summed E-state index contributed by atoms with van der Waals surface area (Å²) in [5.74, 6) is 0.680. The van der Waals surface area contributed by atoms with Crippen LogP contribution >= 0.6 is 0 Å². The molecule has 0 heterocycles. The topological polar surface area (TPSA) is 55.8 Å². The Bertz CT molecular complexity index is 830. The standard InChI is InChI=1S/C26H35NO4/c1-5-30-25(28)13-7-6-10-18-31-24-12-9-8-11-23(24)19-27(20(2)3)26(29)22-16-14-21(4)15-17-22/h8-9,11-12,14-17,20H,5-7,10,13,18-19H2,1-4H3. The van der Waals surface area contributed by atoms with Crippen LogP contribution < -0.4 is 4.74 Å². The minimum atomic E-state index is -0.138. The molecule has 0 aromatic heterocycles. The lowest BCUT2D eigenvalue weighted by Crippen LogP contribution is -2.36. The number of hydrogen-bond acceptors (Lipinski definition) is 4. The molecule has 0 radical (unpaired) electrons. The maximum Gasteiger partial charge on any atom is 0.305 e. The van der Waals surface area contributed by atoms with Crippen molar-refractivity contribution in [1.29, 1.82) is 0 Å². The van der Waals surface area contributed by atoms with Gasteiger partial charge in [-0.05, 0) is 65.2 Å². The van der Waals surface area contributed by atoms with Gasteiger partial charge in [0.05, 0.1) is 13.2 Å². The lowest BCUT2D eigenvalue weighted by Gasteiger charge is -2.28. The predicted molar refractivity (Wildman–Crippen MR) is 123 cm³/mol. The van der Waals surface area contributed by atoms with Crippen LogP contribution in [0.15, 0.2) is 48.5 Å². The highest BCUT2D eigenvalue weighted by molar-refractivity contribution is 5.94. The minimum Gasteiger partial charge on any atom is -0.493 e. The van der Waals surface area contributed by atoms with Crippen molar-refractivity contribution >= 4 is 11.9 Å². The fourth-order valence-electron chi connectivity index (χ4n) is 3.27. The van der Waals surface area contributed by atoms with E-state index in [1.54, 1.807) is 0 Å². The van der Waals surface area contributed by atoms with Crippen molar-refractivity contribution in [2.75, 3.05) is 13.2 Å². The van der Waals surface area contributed by atoms with Crippen LogP contribution in [0.4, 0.5) is 0 Å². The van der Waals surface area contributed by atoms with Crippen molar-refractivity contribution in [3.63, 3.8) is 0 Å². The highest BCUT2D eigenvalue weighted by atomic mass is 16.5. The molecule has 0 saturated carbocycles. The second kappa shape index (κ2) is 12.8. The first-order valence-corrected chi connectivity index (χ1v) is 11.2. The van der Waals surface area contributed by atoms with Gasteiger partial charge in [0.1, 0.15) is 5.75 Å². The number of amides is 1. The third kappa shape index (κ3) is 8.08. The van der Waals surface area contributed by atoms with E-state index < -0.39 is 0 Å². The van der Waals surface area contributed by atoms with Gasteiger partial charge in [0.15, 0.2) is 0 Å². The Morgan fingerprint density at radius 2 is 1.68 bits per heavy atom. The summed E-state index contributed by atoms with van der Waals surface area (Å²) < 4.78 is 11.0. The second-order valence-electron chi connectivity index (χ2n) is 7.96. The zero-order valence-corrected chi connectivity index (χ0v) is 19.2. The normalized spacial score (nSPS) is 10.7. The molecule has 0 saturated heterocycles. The van der Waals surface area contributed by atoms with Crippen molar-refractivity contribution < 1.29 is 19.1 Å². The zero-order chi connectivity index (χ0) is 22.6. The number of ether oxygens (including phenoxy) is 2. The summed E-state index contributed by atoms with van der Waals surface area (Å²) >= 11 is 0. The van der Waals surface area contributed by atoms with Crippen LogP contribution in [-0.4, -0.2) is 36.0 Å². The maximum atomic E-state index is 13.1. The number of carbonyl (C=O) groups excluding carboxylic acids is 2. The Kier molecular flexibility index (Phi) is 10.1. The van der Waals surface area contributed by atoms with E-state index in [4.69, 9.17) is 9.47 Å². The zero-order valence-electron chi connectivity index (χ0n) is 19.2. The van der Waals surface area contributed by atoms with E-state index in [0.29, 0.717) is 31.7 Å². The monoisotopic (exact) mass is 425 g/mol. The van der Waals surface area contributed by atoms with Crippen LogP contribution in [0, 0.1) is 6.92 Å². The predicted octanol–water partition coefficient (Wildman–Crippen LogP) is 5.55. The first kappa shape index (κ1) is 24.4. The Hall–Kier alpha value is -2.82. The molecule has 0 fully saturated rings. The third-order valence-corrected chi connectivity index (χ3v) is 5.08. The van der Waals surface area contributed by atoms with Crippen LogP contribution in [-0.2, 0) is 16.1 Å². The molecule has 0 aliphatic rings. The molecule has 5 heteroatoms. The summed E-state index contributed by atoms with van der Waals surface area (Å²) in [6.07, 6.45) is 3.03. The lowest BCUT2D eigenvalue weighted by atomic mass is 10.1. The molecular formula is C26H35NO4. The minimum absolute atomic E-state index is 0.0174. The van der Waals surface area contributed by atoms with Crippen LogP contribution in [0.25, 0.3) is 0 Å². The van der Waals surface area contributed by atoms with E-state index in [-0.39, 0.29) is 17.9 Å². The molecule has 0 aliphatic carbocycles. The van der Waals surface area contributed by atoms with Gasteiger partial charge in [-0.2, -0.15) is 0 Å². The van der Waals surface area contributed by atoms with Crippen molar-refractivity contribution in [1.82, 2.24) is 4.90 Å². The summed E-state index contributed by atoms with van der Waals surface area (Å²) in [5.41, 5.74) is 2.82. The fourth-order valence-corrected chi connectivity index (χ4v) is 3.27.